The molecule has 94 valence electrons. The zero-order valence-electron chi connectivity index (χ0n) is 10.6. The molecule has 0 aliphatic rings. The van der Waals surface area contributed by atoms with Crippen molar-refractivity contribution in [2.24, 2.45) is 10.9 Å². The molecule has 0 bridgehead atoms. The predicted octanol–water partition coefficient (Wildman–Crippen LogP) is 2.17. The first-order valence-corrected chi connectivity index (χ1v) is 5.88. The van der Waals surface area contributed by atoms with Gasteiger partial charge in [-0.15, -0.1) is 0 Å². The van der Waals surface area contributed by atoms with Crippen molar-refractivity contribution in [3.63, 3.8) is 0 Å². The van der Waals surface area contributed by atoms with Crippen molar-refractivity contribution in [3.8, 4) is 0 Å². The lowest BCUT2D eigenvalue weighted by molar-refractivity contribution is 0.313. The number of nitrogens with two attached hydrogens (primary N) is 1. The predicted molar refractivity (Wildman–Crippen MR) is 70.2 cm³/mol. The Hall–Kier alpha value is -1.55. The Labute approximate surface area is 103 Å². The van der Waals surface area contributed by atoms with Crippen LogP contribution in [0.15, 0.2) is 29.4 Å². The molecule has 2 atom stereocenters. The summed E-state index contributed by atoms with van der Waals surface area (Å²) in [7, 11) is 0. The van der Waals surface area contributed by atoms with Crippen molar-refractivity contribution in [1.29, 1.82) is 0 Å². The van der Waals surface area contributed by atoms with Gasteiger partial charge in [-0.1, -0.05) is 41.9 Å². The van der Waals surface area contributed by atoms with Crippen molar-refractivity contribution >= 4 is 5.84 Å². The highest BCUT2D eigenvalue weighted by Gasteiger charge is 2.15. The summed E-state index contributed by atoms with van der Waals surface area (Å²) in [5, 5.41) is 15.1. The Bertz CT molecular complexity index is 373. The van der Waals surface area contributed by atoms with Gasteiger partial charge in [0, 0.05) is 6.04 Å². The third-order valence-corrected chi connectivity index (χ3v) is 2.91. The zero-order valence-corrected chi connectivity index (χ0v) is 10.6. The van der Waals surface area contributed by atoms with Crippen molar-refractivity contribution in [2.45, 2.75) is 39.3 Å². The van der Waals surface area contributed by atoms with Crippen molar-refractivity contribution in [1.82, 2.24) is 5.32 Å². The zero-order chi connectivity index (χ0) is 12.8. The number of rotatable bonds is 5. The molecule has 4 heteroatoms. The SMILES string of the molecule is CCC(N[C@@H](C)c1ccc(C)cc1)/C(N)=N/O. The van der Waals surface area contributed by atoms with E-state index in [2.05, 4.69) is 48.6 Å². The van der Waals surface area contributed by atoms with Crippen LogP contribution in [0.3, 0.4) is 0 Å². The smallest absolute Gasteiger partial charge is 0.156 e. The Morgan fingerprint density at radius 3 is 2.47 bits per heavy atom. The molecule has 4 nitrogen and oxygen atoms in total. The van der Waals surface area contributed by atoms with E-state index in [0.717, 1.165) is 6.42 Å². The number of nitrogens with zero attached hydrogens (tertiary/aromatic N) is 1. The van der Waals surface area contributed by atoms with Gasteiger partial charge in [0.2, 0.25) is 0 Å². The Balaban J connectivity index is 2.70. The molecule has 0 spiro atoms. The van der Waals surface area contributed by atoms with Crippen LogP contribution in [0, 0.1) is 6.92 Å². The third-order valence-electron chi connectivity index (χ3n) is 2.91. The van der Waals surface area contributed by atoms with Crippen LogP contribution in [0.4, 0.5) is 0 Å². The monoisotopic (exact) mass is 235 g/mol. The lowest BCUT2D eigenvalue weighted by Crippen LogP contribution is -2.42. The molecule has 0 saturated heterocycles. The molecule has 1 aromatic rings. The molecule has 1 aromatic carbocycles. The minimum Gasteiger partial charge on any atom is -0.409 e. The Morgan fingerprint density at radius 1 is 1.41 bits per heavy atom. The molecule has 0 heterocycles. The van der Waals surface area contributed by atoms with Gasteiger partial charge in [-0.25, -0.2) is 0 Å². The molecule has 1 unspecified atom stereocenters. The minimum atomic E-state index is -0.101. The first-order chi connectivity index (χ1) is 8.08. The Kier molecular flexibility index (Phi) is 4.97. The highest BCUT2D eigenvalue weighted by Crippen LogP contribution is 2.14. The molecule has 17 heavy (non-hydrogen) atoms. The van der Waals surface area contributed by atoms with Crippen LogP contribution >= 0.6 is 0 Å². The highest BCUT2D eigenvalue weighted by atomic mass is 16.4. The number of nitrogens with one attached hydrogen (secondary N) is 1. The molecule has 0 fully saturated rings. The van der Waals surface area contributed by atoms with Crippen LogP contribution in [0.2, 0.25) is 0 Å². The summed E-state index contributed by atoms with van der Waals surface area (Å²) in [4.78, 5) is 0. The maximum atomic E-state index is 8.68. The Morgan fingerprint density at radius 2 is 2.00 bits per heavy atom. The van der Waals surface area contributed by atoms with Crippen LogP contribution in [0.1, 0.15) is 37.4 Å². The van der Waals surface area contributed by atoms with E-state index in [-0.39, 0.29) is 17.9 Å². The molecule has 0 amide bonds. The number of amidine groups is 1. The summed E-state index contributed by atoms with van der Waals surface area (Å²) in [6.07, 6.45) is 0.784. The molecule has 4 N–H and O–H groups in total. The average Bonchev–Trinajstić information content (AvgIpc) is 2.35. The van der Waals surface area contributed by atoms with Gasteiger partial charge in [0.05, 0.1) is 6.04 Å². The quantitative estimate of drug-likeness (QED) is 0.317. The highest BCUT2D eigenvalue weighted by molar-refractivity contribution is 5.85. The van der Waals surface area contributed by atoms with E-state index in [4.69, 9.17) is 10.9 Å². The van der Waals surface area contributed by atoms with Gasteiger partial charge < -0.3 is 16.3 Å². The van der Waals surface area contributed by atoms with Crippen LogP contribution in [0.5, 0.6) is 0 Å². The molecular formula is C13H21N3O. The topological polar surface area (TPSA) is 70.6 Å². The van der Waals surface area contributed by atoms with E-state index in [1.165, 1.54) is 11.1 Å². The van der Waals surface area contributed by atoms with E-state index in [9.17, 15) is 0 Å². The van der Waals surface area contributed by atoms with Gasteiger partial charge in [0.25, 0.3) is 0 Å². The number of aryl methyl sites for hydroxylation is 1. The van der Waals surface area contributed by atoms with Crippen molar-refractivity contribution in [3.05, 3.63) is 35.4 Å². The second kappa shape index (κ2) is 6.25. The van der Waals surface area contributed by atoms with Crippen LogP contribution < -0.4 is 11.1 Å². The van der Waals surface area contributed by atoms with Crippen molar-refractivity contribution in [2.75, 3.05) is 0 Å². The summed E-state index contributed by atoms with van der Waals surface area (Å²) < 4.78 is 0. The maximum absolute atomic E-state index is 8.68. The van der Waals surface area contributed by atoms with E-state index >= 15 is 0 Å². The first-order valence-electron chi connectivity index (χ1n) is 5.88. The van der Waals surface area contributed by atoms with E-state index in [0.29, 0.717) is 0 Å². The summed E-state index contributed by atoms with van der Waals surface area (Å²) in [5.74, 6) is 0.228. The lowest BCUT2D eigenvalue weighted by atomic mass is 10.0. The second-order valence-corrected chi connectivity index (χ2v) is 4.28. The molecule has 0 aliphatic carbocycles. The fraction of sp³-hybridized carbons (Fsp3) is 0.462. The first kappa shape index (κ1) is 13.5. The average molecular weight is 235 g/mol. The maximum Gasteiger partial charge on any atom is 0.156 e. The summed E-state index contributed by atoms with van der Waals surface area (Å²) >= 11 is 0. The van der Waals surface area contributed by atoms with E-state index in [1.54, 1.807) is 0 Å². The standard InChI is InChI=1S/C13H21N3O/c1-4-12(13(14)16-17)15-10(3)11-7-5-9(2)6-8-11/h5-8,10,12,15,17H,4H2,1-3H3,(H2,14,16)/t10-,12?/m0/s1. The van der Waals surface area contributed by atoms with Crippen LogP contribution in [-0.4, -0.2) is 17.1 Å². The van der Waals surface area contributed by atoms with Gasteiger partial charge in [-0.05, 0) is 25.8 Å². The molecule has 1 rings (SSSR count). The summed E-state index contributed by atoms with van der Waals surface area (Å²) in [6.45, 7) is 6.13. The van der Waals surface area contributed by atoms with Gasteiger partial charge in [-0.3, -0.25) is 0 Å². The molecule has 0 radical (unpaired) electrons. The normalized spacial score (nSPS) is 15.6. The lowest BCUT2D eigenvalue weighted by Gasteiger charge is -2.21. The molecule has 0 aliphatic heterocycles. The van der Waals surface area contributed by atoms with Gasteiger partial charge in [0.1, 0.15) is 0 Å². The number of hydrogen-bond acceptors (Lipinski definition) is 3. The molecule has 0 saturated carbocycles. The van der Waals surface area contributed by atoms with Crippen molar-refractivity contribution < 1.29 is 5.21 Å². The fourth-order valence-electron chi connectivity index (χ4n) is 1.74. The van der Waals surface area contributed by atoms with E-state index in [1.807, 2.05) is 6.92 Å². The molecule has 0 aromatic heterocycles. The fourth-order valence-corrected chi connectivity index (χ4v) is 1.74. The van der Waals surface area contributed by atoms with Gasteiger partial charge in [-0.2, -0.15) is 0 Å². The number of benzene rings is 1. The largest absolute Gasteiger partial charge is 0.409 e. The molecular weight excluding hydrogens is 214 g/mol. The van der Waals surface area contributed by atoms with E-state index < -0.39 is 0 Å². The third kappa shape index (κ3) is 3.75. The number of hydrogen-bond donors (Lipinski definition) is 3. The van der Waals surface area contributed by atoms with Crippen LogP contribution in [-0.2, 0) is 0 Å². The number of oxime groups is 1. The van der Waals surface area contributed by atoms with Crippen LogP contribution in [0.25, 0.3) is 0 Å². The van der Waals surface area contributed by atoms with Gasteiger partial charge in [0.15, 0.2) is 5.84 Å². The summed E-state index contributed by atoms with van der Waals surface area (Å²) in [5.41, 5.74) is 8.05. The summed E-state index contributed by atoms with van der Waals surface area (Å²) in [6, 6.07) is 8.41. The second-order valence-electron chi connectivity index (χ2n) is 4.28. The minimum absolute atomic E-state index is 0.101. The van der Waals surface area contributed by atoms with Gasteiger partial charge >= 0.3 is 0 Å².